The summed E-state index contributed by atoms with van der Waals surface area (Å²) in [5.41, 5.74) is 10.5. The zero-order valence-electron chi connectivity index (χ0n) is 21.5. The second-order valence-electron chi connectivity index (χ2n) is 10.5. The van der Waals surface area contributed by atoms with Crippen LogP contribution in [0.15, 0.2) is 111 Å². The van der Waals surface area contributed by atoms with Gasteiger partial charge in [0.2, 0.25) is 5.69 Å². The van der Waals surface area contributed by atoms with E-state index in [1.165, 1.54) is 32.0 Å². The smallest absolute Gasteiger partial charge is 0.216 e. The van der Waals surface area contributed by atoms with Gasteiger partial charge >= 0.3 is 0 Å². The van der Waals surface area contributed by atoms with Crippen molar-refractivity contribution in [3.63, 3.8) is 0 Å². The quantitative estimate of drug-likeness (QED) is 0.222. The molecule has 0 bridgehead atoms. The van der Waals surface area contributed by atoms with Crippen LogP contribution in [-0.2, 0) is 12.5 Å². The van der Waals surface area contributed by atoms with Crippen molar-refractivity contribution in [1.29, 1.82) is 0 Å². The lowest BCUT2D eigenvalue weighted by atomic mass is 9.77. The standard InChI is InChI=1S/C34H28NOS/c1-21-15-17-25-24-11-9-10-23(32(24)36-33(25)31(21)28-13-7-8-19-35(28)4)22-16-18-27-30(20-22)37-29-14-6-5-12-26(29)34(27,2)3/h5-20H,1-4H3/q+1. The van der Waals surface area contributed by atoms with Gasteiger partial charge in [0, 0.05) is 43.7 Å². The first-order valence-corrected chi connectivity index (χ1v) is 13.6. The Morgan fingerprint density at radius 3 is 2.38 bits per heavy atom. The number of furan rings is 1. The highest BCUT2D eigenvalue weighted by molar-refractivity contribution is 7.99. The molecule has 0 aliphatic carbocycles. The number of nitrogens with zero attached hydrogens (tertiary/aromatic N) is 1. The molecule has 4 aromatic carbocycles. The highest BCUT2D eigenvalue weighted by Crippen LogP contribution is 2.50. The van der Waals surface area contributed by atoms with Crippen molar-refractivity contribution in [2.24, 2.45) is 7.05 Å². The number of aryl methyl sites for hydroxylation is 2. The molecule has 0 fully saturated rings. The van der Waals surface area contributed by atoms with Gasteiger partial charge in [0.15, 0.2) is 6.20 Å². The number of hydrogen-bond acceptors (Lipinski definition) is 2. The van der Waals surface area contributed by atoms with Crippen molar-refractivity contribution < 1.29 is 8.98 Å². The minimum atomic E-state index is -0.0291. The van der Waals surface area contributed by atoms with E-state index in [-0.39, 0.29) is 5.41 Å². The average Bonchev–Trinajstić information content (AvgIpc) is 3.28. The monoisotopic (exact) mass is 498 g/mol. The van der Waals surface area contributed by atoms with E-state index in [0.29, 0.717) is 0 Å². The van der Waals surface area contributed by atoms with Crippen LogP contribution in [0.5, 0.6) is 0 Å². The Morgan fingerprint density at radius 1 is 0.730 bits per heavy atom. The number of fused-ring (bicyclic) bond motifs is 5. The minimum absolute atomic E-state index is 0.0291. The SMILES string of the molecule is Cc1ccc2c(oc3c(-c4ccc5c(c4)Sc4ccccc4C5(C)C)cccc32)c1-c1cccc[n+]1C. The van der Waals surface area contributed by atoms with Gasteiger partial charge in [0.1, 0.15) is 18.2 Å². The summed E-state index contributed by atoms with van der Waals surface area (Å²) in [4.78, 5) is 2.66. The highest BCUT2D eigenvalue weighted by atomic mass is 32.2. The summed E-state index contributed by atoms with van der Waals surface area (Å²) >= 11 is 1.87. The summed E-state index contributed by atoms with van der Waals surface area (Å²) < 4.78 is 8.94. The van der Waals surface area contributed by atoms with E-state index in [2.05, 4.69) is 130 Å². The molecule has 3 heterocycles. The summed E-state index contributed by atoms with van der Waals surface area (Å²) in [7, 11) is 2.09. The van der Waals surface area contributed by atoms with E-state index < -0.39 is 0 Å². The van der Waals surface area contributed by atoms with E-state index >= 15 is 0 Å². The lowest BCUT2D eigenvalue weighted by Crippen LogP contribution is -2.30. The van der Waals surface area contributed by atoms with Gasteiger partial charge in [-0.1, -0.05) is 86.3 Å². The third-order valence-corrected chi connectivity index (χ3v) is 9.07. The fourth-order valence-electron chi connectivity index (χ4n) is 5.92. The largest absolute Gasteiger partial charge is 0.454 e. The summed E-state index contributed by atoms with van der Waals surface area (Å²) in [5, 5.41) is 2.31. The zero-order chi connectivity index (χ0) is 25.3. The van der Waals surface area contributed by atoms with Crippen LogP contribution in [0, 0.1) is 6.92 Å². The third kappa shape index (κ3) is 3.30. The third-order valence-electron chi connectivity index (χ3n) is 7.93. The Labute approximate surface area is 221 Å². The van der Waals surface area contributed by atoms with Crippen LogP contribution in [-0.4, -0.2) is 0 Å². The maximum atomic E-state index is 6.78. The molecular formula is C34H28NOS+. The lowest BCUT2D eigenvalue weighted by Gasteiger charge is -2.34. The number of pyridine rings is 1. The predicted octanol–water partition coefficient (Wildman–Crippen LogP) is 8.84. The van der Waals surface area contributed by atoms with Crippen LogP contribution in [0.4, 0.5) is 0 Å². The van der Waals surface area contributed by atoms with Crippen molar-refractivity contribution in [3.8, 4) is 22.4 Å². The van der Waals surface area contributed by atoms with E-state index in [1.807, 2.05) is 11.8 Å². The second-order valence-corrected chi connectivity index (χ2v) is 11.6. The van der Waals surface area contributed by atoms with Crippen molar-refractivity contribution in [2.75, 3.05) is 0 Å². The predicted molar refractivity (Wildman–Crippen MR) is 153 cm³/mol. The summed E-state index contributed by atoms with van der Waals surface area (Å²) in [6, 6.07) is 33.0. The Hall–Kier alpha value is -3.82. The molecule has 2 nitrogen and oxygen atoms in total. The van der Waals surface area contributed by atoms with Crippen molar-refractivity contribution >= 4 is 33.7 Å². The van der Waals surface area contributed by atoms with E-state index in [0.717, 1.165) is 38.8 Å². The fraction of sp³-hybridized carbons (Fsp3) is 0.147. The van der Waals surface area contributed by atoms with Crippen LogP contribution >= 0.6 is 11.8 Å². The molecule has 37 heavy (non-hydrogen) atoms. The molecule has 0 unspecified atom stereocenters. The molecule has 0 saturated carbocycles. The first kappa shape index (κ1) is 22.4. The summed E-state index contributed by atoms with van der Waals surface area (Å²) in [6.45, 7) is 6.82. The number of benzene rings is 4. The molecule has 1 aliphatic rings. The van der Waals surface area contributed by atoms with Gasteiger partial charge in [0.25, 0.3) is 0 Å². The van der Waals surface area contributed by atoms with Crippen molar-refractivity contribution in [3.05, 3.63) is 114 Å². The van der Waals surface area contributed by atoms with Crippen LogP contribution < -0.4 is 4.57 Å². The molecule has 0 N–H and O–H groups in total. The topological polar surface area (TPSA) is 17.0 Å². The van der Waals surface area contributed by atoms with Crippen LogP contribution in [0.1, 0.15) is 30.5 Å². The second kappa shape index (κ2) is 8.09. The lowest BCUT2D eigenvalue weighted by molar-refractivity contribution is -0.660. The average molecular weight is 499 g/mol. The van der Waals surface area contributed by atoms with Gasteiger partial charge in [-0.2, -0.15) is 0 Å². The molecule has 0 amide bonds. The highest BCUT2D eigenvalue weighted by Gasteiger charge is 2.33. The maximum absolute atomic E-state index is 6.78. The van der Waals surface area contributed by atoms with Crippen LogP contribution in [0.2, 0.25) is 0 Å². The first-order chi connectivity index (χ1) is 17.9. The normalized spacial score (nSPS) is 14.1. The molecule has 6 aromatic rings. The minimum Gasteiger partial charge on any atom is -0.454 e. The molecule has 3 heteroatoms. The number of rotatable bonds is 2. The number of para-hydroxylation sites is 1. The molecule has 7 rings (SSSR count). The maximum Gasteiger partial charge on any atom is 0.216 e. The zero-order valence-corrected chi connectivity index (χ0v) is 22.3. The molecule has 2 aromatic heterocycles. The summed E-state index contributed by atoms with van der Waals surface area (Å²) in [6.07, 6.45) is 2.09. The van der Waals surface area contributed by atoms with Gasteiger partial charge in [-0.3, -0.25) is 0 Å². The van der Waals surface area contributed by atoms with E-state index in [1.54, 1.807) is 0 Å². The molecule has 0 saturated heterocycles. The molecule has 0 atom stereocenters. The van der Waals surface area contributed by atoms with Crippen LogP contribution in [0.25, 0.3) is 44.3 Å². The number of aromatic nitrogens is 1. The van der Waals surface area contributed by atoms with Gasteiger partial charge in [-0.05, 0) is 47.4 Å². The Morgan fingerprint density at radius 2 is 1.51 bits per heavy atom. The Kier molecular flexibility index (Phi) is 4.90. The van der Waals surface area contributed by atoms with Gasteiger partial charge in [-0.25, -0.2) is 4.57 Å². The van der Waals surface area contributed by atoms with Crippen LogP contribution in [0.3, 0.4) is 0 Å². The molecular weight excluding hydrogens is 470 g/mol. The van der Waals surface area contributed by atoms with Gasteiger partial charge < -0.3 is 4.42 Å². The Bertz CT molecular complexity index is 1860. The van der Waals surface area contributed by atoms with Gasteiger partial charge in [0.05, 0.1) is 5.56 Å². The first-order valence-electron chi connectivity index (χ1n) is 12.8. The van der Waals surface area contributed by atoms with Crippen molar-refractivity contribution in [2.45, 2.75) is 36.0 Å². The Balaban J connectivity index is 1.44. The van der Waals surface area contributed by atoms with Crippen molar-refractivity contribution in [1.82, 2.24) is 0 Å². The van der Waals surface area contributed by atoms with E-state index in [9.17, 15) is 0 Å². The number of hydrogen-bond donors (Lipinski definition) is 0. The fourth-order valence-corrected chi connectivity index (χ4v) is 7.35. The van der Waals surface area contributed by atoms with Gasteiger partial charge in [-0.15, -0.1) is 0 Å². The molecule has 180 valence electrons. The summed E-state index contributed by atoms with van der Waals surface area (Å²) in [5.74, 6) is 0. The molecule has 0 radical (unpaired) electrons. The van der Waals surface area contributed by atoms with E-state index in [4.69, 9.17) is 4.42 Å². The molecule has 1 aliphatic heterocycles. The molecule has 0 spiro atoms.